The van der Waals surface area contributed by atoms with E-state index in [0.29, 0.717) is 19.8 Å². The second-order valence-corrected chi connectivity index (χ2v) is 3.28. The molecule has 0 fully saturated rings. The van der Waals surface area contributed by atoms with Crippen LogP contribution < -0.4 is 10.8 Å². The van der Waals surface area contributed by atoms with Gasteiger partial charge in [0.2, 0.25) is 0 Å². The van der Waals surface area contributed by atoms with Crippen molar-refractivity contribution in [2.45, 2.75) is 0 Å². The van der Waals surface area contributed by atoms with E-state index >= 15 is 0 Å². The number of hydrogen-bond donors (Lipinski definition) is 2. The molecule has 0 spiro atoms. The van der Waals surface area contributed by atoms with E-state index < -0.39 is 12.2 Å². The van der Waals surface area contributed by atoms with Crippen molar-refractivity contribution in [2.24, 2.45) is 0 Å². The van der Waals surface area contributed by atoms with Crippen LogP contribution in [0.25, 0.3) is 0 Å². The molecule has 0 saturated heterocycles. The molecular weight excluding hydrogens is 268 g/mol. The van der Waals surface area contributed by atoms with Crippen molar-refractivity contribution in [3.63, 3.8) is 0 Å². The summed E-state index contributed by atoms with van der Waals surface area (Å²) in [7, 11) is 0. The number of hydrogen-bond acceptors (Lipinski definition) is 6. The molecule has 0 aliphatic heterocycles. The van der Waals surface area contributed by atoms with Gasteiger partial charge >= 0.3 is 12.2 Å². The third-order valence-corrected chi connectivity index (χ3v) is 1.68. The first kappa shape index (κ1) is 17.9. The lowest BCUT2D eigenvalue weighted by molar-refractivity contribution is 0.0449. The summed E-state index contributed by atoms with van der Waals surface area (Å²) >= 11 is 0. The van der Waals surface area contributed by atoms with Crippen LogP contribution in [0.1, 0.15) is 0 Å². The Morgan fingerprint density at radius 3 is 2.25 bits per heavy atom. The van der Waals surface area contributed by atoms with Gasteiger partial charge in [0.25, 0.3) is 0 Å². The highest BCUT2D eigenvalue weighted by molar-refractivity contribution is 5.71. The normalized spacial score (nSPS) is 9.40. The Balaban J connectivity index is 3.41. The Kier molecular flexibility index (Phi) is 12.0. The summed E-state index contributed by atoms with van der Waals surface area (Å²) in [5.41, 5.74) is 1.82. The molecule has 8 nitrogen and oxygen atoms in total. The number of nitrogens with one attached hydrogen (secondary N) is 2. The highest BCUT2D eigenvalue weighted by atomic mass is 16.7. The first-order valence-electron chi connectivity index (χ1n) is 5.95. The Labute approximate surface area is 117 Å². The van der Waals surface area contributed by atoms with E-state index in [1.165, 1.54) is 0 Å². The predicted molar refractivity (Wildman–Crippen MR) is 71.0 cm³/mol. The minimum atomic E-state index is -0.884. The van der Waals surface area contributed by atoms with Crippen molar-refractivity contribution in [2.75, 3.05) is 39.6 Å². The second kappa shape index (κ2) is 13.4. The fourth-order valence-corrected chi connectivity index (χ4v) is 0.905. The largest absolute Gasteiger partial charge is 0.445 e. The lowest BCUT2D eigenvalue weighted by Gasteiger charge is -2.08. The molecule has 0 bridgehead atoms. The third-order valence-electron chi connectivity index (χ3n) is 1.68. The van der Waals surface area contributed by atoms with Crippen LogP contribution in [0.3, 0.4) is 0 Å². The van der Waals surface area contributed by atoms with E-state index in [0.717, 1.165) is 0 Å². The van der Waals surface area contributed by atoms with Gasteiger partial charge in [0.05, 0.1) is 26.4 Å². The fourth-order valence-electron chi connectivity index (χ4n) is 0.905. The molecule has 0 unspecified atom stereocenters. The maximum absolute atomic E-state index is 11.1. The number of hydroxylamine groups is 1. The monoisotopic (exact) mass is 288 g/mol. The van der Waals surface area contributed by atoms with Gasteiger partial charge in [0.15, 0.2) is 0 Å². The summed E-state index contributed by atoms with van der Waals surface area (Å²) in [5.74, 6) is 0. The van der Waals surface area contributed by atoms with E-state index in [4.69, 9.17) is 9.47 Å². The molecule has 0 aliphatic carbocycles. The molecule has 0 aromatic carbocycles. The Hall–Kier alpha value is -2.06. The van der Waals surface area contributed by atoms with Crippen LogP contribution in [0.15, 0.2) is 25.3 Å². The highest BCUT2D eigenvalue weighted by Crippen LogP contribution is 1.82. The minimum Gasteiger partial charge on any atom is -0.445 e. The van der Waals surface area contributed by atoms with E-state index in [1.54, 1.807) is 12.2 Å². The van der Waals surface area contributed by atoms with Gasteiger partial charge < -0.3 is 24.4 Å². The fraction of sp³-hybridized carbons (Fsp3) is 0.500. The molecule has 0 atom stereocenters. The van der Waals surface area contributed by atoms with E-state index in [-0.39, 0.29) is 19.8 Å². The summed E-state index contributed by atoms with van der Waals surface area (Å²) < 4.78 is 14.6. The summed E-state index contributed by atoms with van der Waals surface area (Å²) in [5, 5.41) is 2.35. The first-order valence-corrected chi connectivity index (χ1v) is 5.95. The summed E-state index contributed by atoms with van der Waals surface area (Å²) in [6, 6.07) is 0. The summed E-state index contributed by atoms with van der Waals surface area (Å²) in [4.78, 5) is 26.5. The van der Waals surface area contributed by atoms with Gasteiger partial charge in [0, 0.05) is 6.54 Å². The molecule has 0 heterocycles. The van der Waals surface area contributed by atoms with Crippen molar-refractivity contribution < 1.29 is 28.6 Å². The highest BCUT2D eigenvalue weighted by Gasteiger charge is 2.06. The molecule has 0 saturated carbocycles. The van der Waals surface area contributed by atoms with Crippen molar-refractivity contribution >= 4 is 12.2 Å². The van der Waals surface area contributed by atoms with Gasteiger partial charge in [-0.15, -0.1) is 18.6 Å². The molecule has 0 aromatic heterocycles. The van der Waals surface area contributed by atoms with Crippen molar-refractivity contribution in [1.82, 2.24) is 10.8 Å². The number of amides is 2. The molecule has 2 N–H and O–H groups in total. The van der Waals surface area contributed by atoms with Crippen LogP contribution in [-0.4, -0.2) is 51.8 Å². The maximum atomic E-state index is 11.1. The average molecular weight is 288 g/mol. The molecule has 0 aromatic rings. The lowest BCUT2D eigenvalue weighted by Crippen LogP contribution is -2.35. The molecule has 2 amide bonds. The van der Waals surface area contributed by atoms with Crippen molar-refractivity contribution in [1.29, 1.82) is 0 Å². The quantitative estimate of drug-likeness (QED) is 0.350. The van der Waals surface area contributed by atoms with Crippen LogP contribution in [0.2, 0.25) is 0 Å². The number of ether oxygens (including phenoxy) is 3. The lowest BCUT2D eigenvalue weighted by atomic mass is 10.6. The third kappa shape index (κ3) is 12.4. The molecule has 0 rings (SSSR count). The van der Waals surface area contributed by atoms with E-state index in [2.05, 4.69) is 28.0 Å². The number of rotatable bonds is 10. The van der Waals surface area contributed by atoms with Gasteiger partial charge in [-0.1, -0.05) is 12.2 Å². The summed E-state index contributed by atoms with van der Waals surface area (Å²) in [6.45, 7) is 8.53. The van der Waals surface area contributed by atoms with Gasteiger partial charge in [-0.2, -0.15) is 0 Å². The minimum absolute atomic E-state index is 0.0417. The Morgan fingerprint density at radius 1 is 0.950 bits per heavy atom. The smallest absolute Gasteiger partial charge is 0.440 e. The van der Waals surface area contributed by atoms with E-state index in [9.17, 15) is 9.59 Å². The first-order chi connectivity index (χ1) is 9.70. The summed E-state index contributed by atoms with van der Waals surface area (Å²) in [6.07, 6.45) is 1.47. The zero-order chi connectivity index (χ0) is 15.1. The number of carbonyl (C=O) groups excluding carboxylic acids is 2. The average Bonchev–Trinajstić information content (AvgIpc) is 2.44. The van der Waals surface area contributed by atoms with Crippen molar-refractivity contribution in [3.05, 3.63) is 25.3 Å². The van der Waals surface area contributed by atoms with Crippen LogP contribution >= 0.6 is 0 Å². The molecular formula is C12H20N2O6. The molecule has 0 radical (unpaired) electrons. The Bertz CT molecular complexity index is 278. The zero-order valence-corrected chi connectivity index (χ0v) is 11.3. The van der Waals surface area contributed by atoms with Gasteiger partial charge in [-0.05, 0) is 0 Å². The molecule has 20 heavy (non-hydrogen) atoms. The van der Waals surface area contributed by atoms with Gasteiger partial charge in [-0.3, -0.25) is 0 Å². The SMILES string of the molecule is C=CCOCCNC(=O)ONC(=O)OCCOCC=C. The van der Waals surface area contributed by atoms with Crippen LogP contribution in [0, 0.1) is 0 Å². The number of carbonyl (C=O) groups is 2. The standard InChI is InChI=1S/C12H20N2O6/c1-3-6-17-8-5-13-11(15)20-14-12(16)19-10-9-18-7-4-2/h3-4H,1-2,5-10H2,(H,13,15)(H,14,16). The van der Waals surface area contributed by atoms with Gasteiger partial charge in [0.1, 0.15) is 6.61 Å². The van der Waals surface area contributed by atoms with Crippen LogP contribution in [0.5, 0.6) is 0 Å². The van der Waals surface area contributed by atoms with Crippen molar-refractivity contribution in [3.8, 4) is 0 Å². The second-order valence-electron chi connectivity index (χ2n) is 3.28. The molecule has 0 aliphatic rings. The van der Waals surface area contributed by atoms with Crippen LogP contribution in [-0.2, 0) is 19.0 Å². The predicted octanol–water partition coefficient (Wildman–Crippen LogP) is 0.759. The molecule has 114 valence electrons. The van der Waals surface area contributed by atoms with Gasteiger partial charge in [-0.25, -0.2) is 9.59 Å². The van der Waals surface area contributed by atoms with Crippen LogP contribution in [0.4, 0.5) is 9.59 Å². The zero-order valence-electron chi connectivity index (χ0n) is 11.3. The van der Waals surface area contributed by atoms with E-state index in [1.807, 2.05) is 5.48 Å². The topological polar surface area (TPSA) is 95.1 Å². The maximum Gasteiger partial charge on any atom is 0.440 e. The molecule has 8 heteroatoms. The Morgan fingerprint density at radius 2 is 1.60 bits per heavy atom.